The molecule has 1 aromatic carbocycles. The summed E-state index contributed by atoms with van der Waals surface area (Å²) < 4.78 is 15.8. The van der Waals surface area contributed by atoms with E-state index in [0.29, 0.717) is 17.3 Å². The molecule has 2 nitrogen and oxygen atoms in total. The van der Waals surface area contributed by atoms with Gasteiger partial charge in [-0.25, -0.2) is 9.37 Å². The molecule has 0 amide bonds. The summed E-state index contributed by atoms with van der Waals surface area (Å²) in [5, 5.41) is 0. The van der Waals surface area contributed by atoms with Crippen molar-refractivity contribution in [1.29, 1.82) is 0 Å². The van der Waals surface area contributed by atoms with Gasteiger partial charge in [0.15, 0.2) is 5.82 Å². The Kier molecular flexibility index (Phi) is 3.86. The third kappa shape index (κ3) is 2.76. The SMILES string of the molecule is CC(Cn1c(CCl)nc2c(F)cccc21)C(C)(C)C. The molecule has 4 heteroatoms. The Hall–Kier alpha value is -1.09. The average Bonchev–Trinajstić information content (AvgIpc) is 2.68. The van der Waals surface area contributed by atoms with Crippen molar-refractivity contribution in [3.05, 3.63) is 29.8 Å². The van der Waals surface area contributed by atoms with Crippen LogP contribution in [0.2, 0.25) is 0 Å². The van der Waals surface area contributed by atoms with E-state index in [1.54, 1.807) is 6.07 Å². The van der Waals surface area contributed by atoms with Gasteiger partial charge in [0.05, 0.1) is 11.4 Å². The molecular formula is C15H20ClFN2. The number of benzene rings is 1. The highest BCUT2D eigenvalue weighted by Gasteiger charge is 2.23. The summed E-state index contributed by atoms with van der Waals surface area (Å²) >= 11 is 5.95. The van der Waals surface area contributed by atoms with Crippen molar-refractivity contribution in [3.8, 4) is 0 Å². The molecule has 0 N–H and O–H groups in total. The van der Waals surface area contributed by atoms with Crippen LogP contribution in [0.1, 0.15) is 33.5 Å². The van der Waals surface area contributed by atoms with Crippen molar-refractivity contribution in [3.63, 3.8) is 0 Å². The van der Waals surface area contributed by atoms with Crippen LogP contribution in [-0.2, 0) is 12.4 Å². The quantitative estimate of drug-likeness (QED) is 0.753. The summed E-state index contributed by atoms with van der Waals surface area (Å²) in [6.45, 7) is 9.61. The van der Waals surface area contributed by atoms with Crippen LogP contribution in [0.15, 0.2) is 18.2 Å². The fraction of sp³-hybridized carbons (Fsp3) is 0.533. The number of aromatic nitrogens is 2. The minimum atomic E-state index is -0.286. The van der Waals surface area contributed by atoms with Gasteiger partial charge in [-0.05, 0) is 23.5 Å². The van der Waals surface area contributed by atoms with Crippen LogP contribution in [-0.4, -0.2) is 9.55 Å². The first-order chi connectivity index (χ1) is 8.84. The Morgan fingerprint density at radius 3 is 2.63 bits per heavy atom. The number of hydrogen-bond donors (Lipinski definition) is 0. The zero-order valence-electron chi connectivity index (χ0n) is 11.9. The number of hydrogen-bond acceptors (Lipinski definition) is 1. The van der Waals surface area contributed by atoms with Gasteiger partial charge in [0.25, 0.3) is 0 Å². The highest BCUT2D eigenvalue weighted by molar-refractivity contribution is 6.16. The second-order valence-corrected chi connectivity index (χ2v) is 6.41. The molecule has 0 aliphatic carbocycles. The van der Waals surface area contributed by atoms with Crippen molar-refractivity contribution in [2.75, 3.05) is 0 Å². The minimum Gasteiger partial charge on any atom is -0.327 e. The molecule has 0 fully saturated rings. The normalized spacial score (nSPS) is 14.0. The van der Waals surface area contributed by atoms with Gasteiger partial charge in [0, 0.05) is 6.54 Å². The maximum Gasteiger partial charge on any atom is 0.151 e. The van der Waals surface area contributed by atoms with Crippen LogP contribution in [0, 0.1) is 17.2 Å². The molecular weight excluding hydrogens is 263 g/mol. The number of imidazole rings is 1. The van der Waals surface area contributed by atoms with Gasteiger partial charge in [-0.2, -0.15) is 0 Å². The summed E-state index contributed by atoms with van der Waals surface area (Å²) in [5.41, 5.74) is 1.43. The van der Waals surface area contributed by atoms with E-state index in [4.69, 9.17) is 11.6 Å². The van der Waals surface area contributed by atoms with E-state index in [1.807, 2.05) is 10.6 Å². The van der Waals surface area contributed by atoms with Gasteiger partial charge >= 0.3 is 0 Å². The molecule has 1 heterocycles. The minimum absolute atomic E-state index is 0.188. The predicted molar refractivity (Wildman–Crippen MR) is 77.9 cm³/mol. The zero-order valence-corrected chi connectivity index (χ0v) is 12.6. The lowest BCUT2D eigenvalue weighted by Crippen LogP contribution is -2.23. The largest absolute Gasteiger partial charge is 0.327 e. The summed E-state index contributed by atoms with van der Waals surface area (Å²) in [6, 6.07) is 5.05. The lowest BCUT2D eigenvalue weighted by atomic mass is 9.82. The smallest absolute Gasteiger partial charge is 0.151 e. The topological polar surface area (TPSA) is 17.8 Å². The Balaban J connectivity index is 2.50. The highest BCUT2D eigenvalue weighted by Crippen LogP contribution is 2.29. The maximum atomic E-state index is 13.8. The molecule has 0 saturated heterocycles. The molecule has 2 aromatic rings. The van der Waals surface area contributed by atoms with Crippen LogP contribution >= 0.6 is 11.6 Å². The third-order valence-corrected chi connectivity index (χ3v) is 4.10. The van der Waals surface area contributed by atoms with Crippen molar-refractivity contribution < 1.29 is 4.39 Å². The van der Waals surface area contributed by atoms with Crippen LogP contribution in [0.5, 0.6) is 0 Å². The third-order valence-electron chi connectivity index (χ3n) is 3.86. The van der Waals surface area contributed by atoms with Gasteiger partial charge in [-0.1, -0.05) is 33.8 Å². The molecule has 0 saturated carbocycles. The Morgan fingerprint density at radius 1 is 1.37 bits per heavy atom. The van der Waals surface area contributed by atoms with Gasteiger partial charge in [0.1, 0.15) is 11.3 Å². The molecule has 1 atom stereocenters. The van der Waals surface area contributed by atoms with E-state index in [0.717, 1.165) is 17.9 Å². The molecule has 0 aliphatic heterocycles. The van der Waals surface area contributed by atoms with E-state index in [9.17, 15) is 4.39 Å². The summed E-state index contributed by atoms with van der Waals surface area (Å²) in [4.78, 5) is 4.32. The first-order valence-electron chi connectivity index (χ1n) is 6.54. The predicted octanol–water partition coefficient (Wildman–Crippen LogP) is 4.60. The molecule has 2 rings (SSSR count). The fourth-order valence-electron chi connectivity index (χ4n) is 2.01. The number of alkyl halides is 1. The molecule has 0 aliphatic rings. The molecule has 0 bridgehead atoms. The van der Waals surface area contributed by atoms with E-state index in [2.05, 4.69) is 32.7 Å². The van der Waals surface area contributed by atoms with Gasteiger partial charge in [-0.3, -0.25) is 0 Å². The Morgan fingerprint density at radius 2 is 2.05 bits per heavy atom. The molecule has 0 radical (unpaired) electrons. The van der Waals surface area contributed by atoms with E-state index >= 15 is 0 Å². The van der Waals surface area contributed by atoms with Crippen molar-refractivity contribution in [2.45, 2.75) is 40.1 Å². The Labute approximate surface area is 118 Å². The number of rotatable bonds is 3. The first-order valence-corrected chi connectivity index (χ1v) is 7.07. The van der Waals surface area contributed by atoms with Gasteiger partial charge in [-0.15, -0.1) is 11.6 Å². The van der Waals surface area contributed by atoms with E-state index < -0.39 is 0 Å². The lowest BCUT2D eigenvalue weighted by Gasteiger charge is -2.28. The summed E-state index contributed by atoms with van der Waals surface area (Å²) in [7, 11) is 0. The molecule has 0 spiro atoms. The first kappa shape index (κ1) is 14.3. The second-order valence-electron chi connectivity index (χ2n) is 6.15. The summed E-state index contributed by atoms with van der Waals surface area (Å²) in [5.74, 6) is 1.18. The van der Waals surface area contributed by atoms with Crippen molar-refractivity contribution in [2.24, 2.45) is 11.3 Å². The number of halogens is 2. The zero-order chi connectivity index (χ0) is 14.2. The second kappa shape index (κ2) is 5.12. The van der Waals surface area contributed by atoms with Gasteiger partial charge < -0.3 is 4.57 Å². The lowest BCUT2D eigenvalue weighted by molar-refractivity contribution is 0.233. The van der Waals surface area contributed by atoms with Crippen LogP contribution in [0.25, 0.3) is 11.0 Å². The highest BCUT2D eigenvalue weighted by atomic mass is 35.5. The number of nitrogens with zero attached hydrogens (tertiary/aromatic N) is 2. The standard InChI is InChI=1S/C15H20ClFN2/c1-10(15(2,3)4)9-19-12-7-5-6-11(17)14(12)18-13(19)8-16/h5-7,10H,8-9H2,1-4H3. The summed E-state index contributed by atoms with van der Waals surface area (Å²) in [6.07, 6.45) is 0. The van der Waals surface area contributed by atoms with Crippen molar-refractivity contribution in [1.82, 2.24) is 9.55 Å². The molecule has 1 aromatic heterocycles. The van der Waals surface area contributed by atoms with Crippen LogP contribution < -0.4 is 0 Å². The Bertz CT molecular complexity index is 584. The maximum absolute atomic E-state index is 13.8. The molecule has 104 valence electrons. The molecule has 19 heavy (non-hydrogen) atoms. The monoisotopic (exact) mass is 282 g/mol. The molecule has 1 unspecified atom stereocenters. The van der Waals surface area contributed by atoms with E-state index in [1.165, 1.54) is 6.07 Å². The average molecular weight is 283 g/mol. The number of para-hydroxylation sites is 1. The van der Waals surface area contributed by atoms with Gasteiger partial charge in [0.2, 0.25) is 0 Å². The van der Waals surface area contributed by atoms with Crippen molar-refractivity contribution >= 4 is 22.6 Å². The van der Waals surface area contributed by atoms with Crippen LogP contribution in [0.4, 0.5) is 4.39 Å². The number of fused-ring (bicyclic) bond motifs is 1. The van der Waals surface area contributed by atoms with E-state index in [-0.39, 0.29) is 11.2 Å². The fourth-order valence-corrected chi connectivity index (χ4v) is 2.22. The van der Waals surface area contributed by atoms with Crippen LogP contribution in [0.3, 0.4) is 0 Å².